The third kappa shape index (κ3) is 9.44. The predicted molar refractivity (Wildman–Crippen MR) is 138 cm³/mol. The summed E-state index contributed by atoms with van der Waals surface area (Å²) in [6.07, 6.45) is 5.66. The van der Waals surface area contributed by atoms with Crippen LogP contribution in [0.4, 0.5) is 0 Å². The normalized spacial score (nSPS) is 11.1. The number of nitrogens with zero attached hydrogens (tertiary/aromatic N) is 2. The summed E-state index contributed by atoms with van der Waals surface area (Å²) >= 11 is 0. The molecular formula is C28H26N4O6. The third-order valence-corrected chi connectivity index (χ3v) is 5.34. The van der Waals surface area contributed by atoms with Crippen molar-refractivity contribution in [2.75, 3.05) is 13.1 Å². The molecule has 10 nitrogen and oxygen atoms in total. The molecule has 2 aromatic carbocycles. The maximum Gasteiger partial charge on any atom is 0.335 e. The first-order valence-corrected chi connectivity index (χ1v) is 11.7. The van der Waals surface area contributed by atoms with Crippen molar-refractivity contribution in [3.05, 3.63) is 81.9 Å². The topological polar surface area (TPSA) is 180 Å². The highest BCUT2D eigenvalue weighted by Crippen LogP contribution is 2.11. The van der Waals surface area contributed by atoms with Gasteiger partial charge in [0.05, 0.1) is 11.1 Å². The van der Waals surface area contributed by atoms with Crippen LogP contribution in [0.25, 0.3) is 12.2 Å². The van der Waals surface area contributed by atoms with Gasteiger partial charge in [0.2, 0.25) is 0 Å². The smallest absolute Gasteiger partial charge is 0.335 e. The fourth-order valence-corrected chi connectivity index (χ4v) is 3.27. The number of nitrogens with one attached hydrogen (secondary N) is 2. The Labute approximate surface area is 219 Å². The zero-order valence-corrected chi connectivity index (χ0v) is 20.4. The summed E-state index contributed by atoms with van der Waals surface area (Å²) in [5.41, 5.74) is 1.11. The van der Waals surface area contributed by atoms with Gasteiger partial charge in [0, 0.05) is 13.1 Å². The molecule has 0 radical (unpaired) electrons. The Morgan fingerprint density at radius 2 is 0.974 bits per heavy atom. The number of carbonyl (C=O) groups excluding carboxylic acids is 2. The van der Waals surface area contributed by atoms with Gasteiger partial charge >= 0.3 is 11.9 Å². The van der Waals surface area contributed by atoms with Crippen LogP contribution in [-0.4, -0.2) is 47.1 Å². The van der Waals surface area contributed by atoms with Crippen LogP contribution < -0.4 is 10.6 Å². The van der Waals surface area contributed by atoms with Crippen LogP contribution in [-0.2, 0) is 9.59 Å². The lowest BCUT2D eigenvalue weighted by atomic mass is 10.1. The Hall–Kier alpha value is -5.22. The van der Waals surface area contributed by atoms with Gasteiger partial charge in [0.1, 0.15) is 23.3 Å². The molecule has 4 N–H and O–H groups in total. The van der Waals surface area contributed by atoms with Crippen LogP contribution >= 0.6 is 0 Å². The first-order chi connectivity index (χ1) is 18.2. The number of carboxylic acid groups (broad SMARTS) is 2. The van der Waals surface area contributed by atoms with Gasteiger partial charge in [0.25, 0.3) is 11.8 Å². The van der Waals surface area contributed by atoms with Crippen molar-refractivity contribution < 1.29 is 29.4 Å². The van der Waals surface area contributed by atoms with E-state index in [9.17, 15) is 29.7 Å². The van der Waals surface area contributed by atoms with Crippen molar-refractivity contribution in [3.8, 4) is 12.1 Å². The van der Waals surface area contributed by atoms with E-state index in [1.165, 1.54) is 60.7 Å². The largest absolute Gasteiger partial charge is 0.478 e. The quantitative estimate of drug-likeness (QED) is 0.178. The molecule has 0 aliphatic heterocycles. The molecule has 0 bridgehead atoms. The first-order valence-electron chi connectivity index (χ1n) is 11.7. The first kappa shape index (κ1) is 29.0. The molecule has 194 valence electrons. The highest BCUT2D eigenvalue weighted by atomic mass is 16.4. The number of hydrogen-bond acceptors (Lipinski definition) is 6. The standard InChI is InChI=1S/C28H26N4O6/c29-17-23(15-19-5-9-21(10-6-19)27(35)36)25(33)31-13-3-1-2-4-14-32-26(34)24(18-30)16-20-7-11-22(12-8-20)28(37)38/h5-12,15-16H,1-4,13-14H2,(H,31,33)(H,32,34)(H,35,36)(H,37,38)/b23-15+,24-16+. The van der Waals surface area contributed by atoms with E-state index in [2.05, 4.69) is 10.6 Å². The maximum atomic E-state index is 12.2. The molecule has 0 heterocycles. The van der Waals surface area contributed by atoms with Crippen molar-refractivity contribution in [1.29, 1.82) is 10.5 Å². The van der Waals surface area contributed by atoms with E-state index < -0.39 is 23.8 Å². The average molecular weight is 515 g/mol. The van der Waals surface area contributed by atoms with Crippen LogP contribution in [0.5, 0.6) is 0 Å². The van der Waals surface area contributed by atoms with Gasteiger partial charge in [-0.25, -0.2) is 9.59 Å². The average Bonchev–Trinajstić information content (AvgIpc) is 2.91. The molecule has 38 heavy (non-hydrogen) atoms. The summed E-state index contributed by atoms with van der Waals surface area (Å²) in [6, 6.07) is 15.3. The maximum absolute atomic E-state index is 12.2. The molecule has 0 aliphatic rings. The van der Waals surface area contributed by atoms with Crippen LogP contribution in [0.15, 0.2) is 59.7 Å². The lowest BCUT2D eigenvalue weighted by molar-refractivity contribution is -0.117. The molecule has 10 heteroatoms. The van der Waals surface area contributed by atoms with E-state index in [1.807, 2.05) is 12.1 Å². The van der Waals surface area contributed by atoms with Crippen molar-refractivity contribution in [1.82, 2.24) is 10.6 Å². The van der Waals surface area contributed by atoms with Gasteiger partial charge < -0.3 is 20.8 Å². The van der Waals surface area contributed by atoms with Gasteiger partial charge in [-0.15, -0.1) is 0 Å². The second-order valence-electron chi connectivity index (χ2n) is 8.12. The van der Waals surface area contributed by atoms with Gasteiger partial charge in [-0.3, -0.25) is 9.59 Å². The number of carbonyl (C=O) groups is 4. The Bertz CT molecular complexity index is 1210. The number of unbranched alkanes of at least 4 members (excludes halogenated alkanes) is 3. The third-order valence-electron chi connectivity index (χ3n) is 5.34. The number of nitriles is 2. The molecule has 0 saturated carbocycles. The van der Waals surface area contributed by atoms with Crippen molar-refractivity contribution in [3.63, 3.8) is 0 Å². The molecular weight excluding hydrogens is 488 g/mol. The lowest BCUT2D eigenvalue weighted by Gasteiger charge is -2.06. The minimum absolute atomic E-state index is 0.0880. The molecule has 0 saturated heterocycles. The van der Waals surface area contributed by atoms with Gasteiger partial charge in [-0.2, -0.15) is 10.5 Å². The summed E-state index contributed by atoms with van der Waals surface area (Å²) in [5, 5.41) is 41.7. The van der Waals surface area contributed by atoms with Gasteiger partial charge in [-0.05, 0) is 60.4 Å². The minimum Gasteiger partial charge on any atom is -0.478 e. The Morgan fingerprint density at radius 3 is 1.26 bits per heavy atom. The minimum atomic E-state index is -1.06. The van der Waals surface area contributed by atoms with E-state index in [4.69, 9.17) is 10.2 Å². The van der Waals surface area contributed by atoms with Gasteiger partial charge in [0.15, 0.2) is 0 Å². The number of carboxylic acids is 2. The Kier molecular flexibility index (Phi) is 11.5. The van der Waals surface area contributed by atoms with E-state index in [0.29, 0.717) is 37.1 Å². The molecule has 0 atom stereocenters. The van der Waals surface area contributed by atoms with E-state index >= 15 is 0 Å². The van der Waals surface area contributed by atoms with E-state index in [1.54, 1.807) is 0 Å². The Morgan fingerprint density at radius 1 is 0.632 bits per heavy atom. The molecule has 2 rings (SSSR count). The number of hydrogen-bond donors (Lipinski definition) is 4. The summed E-state index contributed by atoms with van der Waals surface area (Å²) in [5.74, 6) is -3.16. The van der Waals surface area contributed by atoms with Crippen LogP contribution in [0, 0.1) is 22.7 Å². The molecule has 0 aliphatic carbocycles. The van der Waals surface area contributed by atoms with E-state index in [-0.39, 0.29) is 22.3 Å². The highest BCUT2D eigenvalue weighted by Gasteiger charge is 2.10. The fraction of sp³-hybridized carbons (Fsp3) is 0.214. The number of amides is 2. The molecule has 0 unspecified atom stereocenters. The zero-order chi connectivity index (χ0) is 27.9. The fourth-order valence-electron chi connectivity index (χ4n) is 3.27. The second-order valence-corrected chi connectivity index (χ2v) is 8.12. The van der Waals surface area contributed by atoms with Gasteiger partial charge in [-0.1, -0.05) is 37.1 Å². The lowest BCUT2D eigenvalue weighted by Crippen LogP contribution is -2.26. The van der Waals surface area contributed by atoms with Crippen molar-refractivity contribution >= 4 is 35.9 Å². The zero-order valence-electron chi connectivity index (χ0n) is 20.4. The molecule has 2 amide bonds. The summed E-state index contributed by atoms with van der Waals surface area (Å²) in [4.78, 5) is 46.3. The SMILES string of the molecule is N#C/C(=C\c1ccc(C(=O)O)cc1)C(=O)NCCCCCCNC(=O)/C(C#N)=C/c1ccc(C(=O)O)cc1. The summed E-state index contributed by atoms with van der Waals surface area (Å²) in [6.45, 7) is 0.730. The second kappa shape index (κ2) is 15.0. The van der Waals surface area contributed by atoms with Crippen molar-refractivity contribution in [2.45, 2.75) is 25.7 Å². The predicted octanol–water partition coefficient (Wildman–Crippen LogP) is 3.39. The molecule has 0 aromatic heterocycles. The monoisotopic (exact) mass is 514 g/mol. The number of rotatable bonds is 13. The Balaban J connectivity index is 1.68. The van der Waals surface area contributed by atoms with Crippen molar-refractivity contribution in [2.24, 2.45) is 0 Å². The van der Waals surface area contributed by atoms with Crippen LogP contribution in [0.1, 0.15) is 57.5 Å². The molecule has 0 fully saturated rings. The summed E-state index contributed by atoms with van der Waals surface area (Å²) in [7, 11) is 0. The van der Waals surface area contributed by atoms with E-state index in [0.717, 1.165) is 12.8 Å². The van der Waals surface area contributed by atoms with Crippen LogP contribution in [0.2, 0.25) is 0 Å². The number of benzene rings is 2. The molecule has 2 aromatic rings. The number of aromatic carboxylic acids is 2. The highest BCUT2D eigenvalue weighted by molar-refractivity contribution is 6.02. The molecule has 0 spiro atoms. The van der Waals surface area contributed by atoms with Crippen LogP contribution in [0.3, 0.4) is 0 Å². The summed E-state index contributed by atoms with van der Waals surface area (Å²) < 4.78 is 0.